The number of benzene rings is 1. The zero-order valence-electron chi connectivity index (χ0n) is 14.6. The van der Waals surface area contributed by atoms with Crippen LogP contribution in [-0.2, 0) is 6.54 Å². The highest BCUT2D eigenvalue weighted by molar-refractivity contribution is 7.15. The van der Waals surface area contributed by atoms with Gasteiger partial charge in [-0.3, -0.25) is 9.30 Å². The van der Waals surface area contributed by atoms with Gasteiger partial charge in [-0.05, 0) is 50.2 Å². The van der Waals surface area contributed by atoms with E-state index in [1.807, 2.05) is 24.3 Å². The number of piperidine rings is 1. The molecule has 3 aromatic rings. The number of aromatic carboxylic acids is 1. The van der Waals surface area contributed by atoms with Crippen LogP contribution in [0.4, 0.5) is 0 Å². The van der Waals surface area contributed by atoms with Crippen molar-refractivity contribution >= 4 is 22.3 Å². The number of methoxy groups -OCH3 is 1. The molecule has 26 heavy (non-hydrogen) atoms. The topological polar surface area (TPSA) is 67.1 Å². The van der Waals surface area contributed by atoms with Gasteiger partial charge in [0.05, 0.1) is 18.5 Å². The van der Waals surface area contributed by atoms with E-state index in [0.29, 0.717) is 0 Å². The van der Waals surface area contributed by atoms with E-state index in [-0.39, 0.29) is 5.69 Å². The zero-order chi connectivity index (χ0) is 18.1. The SMILES string of the molecule is COc1ccc(-c2c(CN3CCCCC3)nc3scc(C(=O)O)n23)cc1. The third-order valence-electron chi connectivity index (χ3n) is 4.84. The van der Waals surface area contributed by atoms with Crippen molar-refractivity contribution in [3.8, 4) is 17.0 Å². The van der Waals surface area contributed by atoms with Gasteiger partial charge in [-0.2, -0.15) is 0 Å². The van der Waals surface area contributed by atoms with Crippen molar-refractivity contribution in [1.82, 2.24) is 14.3 Å². The molecule has 0 amide bonds. The summed E-state index contributed by atoms with van der Waals surface area (Å²) in [6, 6.07) is 7.72. The van der Waals surface area contributed by atoms with Crippen LogP contribution in [-0.4, -0.2) is 45.6 Å². The molecule has 4 rings (SSSR count). The first kappa shape index (κ1) is 17.1. The lowest BCUT2D eigenvalue weighted by molar-refractivity contribution is 0.0690. The second kappa shape index (κ2) is 7.09. The van der Waals surface area contributed by atoms with Crippen LogP contribution in [0.2, 0.25) is 0 Å². The Hall–Kier alpha value is -2.38. The van der Waals surface area contributed by atoms with Crippen LogP contribution in [0.5, 0.6) is 5.75 Å². The monoisotopic (exact) mass is 371 g/mol. The number of fused-ring (bicyclic) bond motifs is 1. The average Bonchev–Trinajstić information content (AvgIpc) is 3.21. The summed E-state index contributed by atoms with van der Waals surface area (Å²) in [7, 11) is 1.63. The molecule has 0 bridgehead atoms. The van der Waals surface area contributed by atoms with Crippen LogP contribution < -0.4 is 4.74 Å². The van der Waals surface area contributed by atoms with Crippen molar-refractivity contribution in [2.45, 2.75) is 25.8 Å². The minimum atomic E-state index is -0.937. The number of thiazole rings is 1. The molecule has 3 heterocycles. The first-order valence-electron chi connectivity index (χ1n) is 8.76. The van der Waals surface area contributed by atoms with Crippen LogP contribution in [0.1, 0.15) is 35.4 Å². The fourth-order valence-corrected chi connectivity index (χ4v) is 4.42. The molecule has 0 atom stereocenters. The molecule has 7 heteroatoms. The second-order valence-electron chi connectivity index (χ2n) is 6.52. The number of carboxylic acids is 1. The summed E-state index contributed by atoms with van der Waals surface area (Å²) in [6.45, 7) is 2.88. The highest BCUT2D eigenvalue weighted by Gasteiger charge is 2.23. The summed E-state index contributed by atoms with van der Waals surface area (Å²) in [5.41, 5.74) is 3.01. The summed E-state index contributed by atoms with van der Waals surface area (Å²) >= 11 is 1.37. The molecular weight excluding hydrogens is 350 g/mol. The van der Waals surface area contributed by atoms with Crippen molar-refractivity contribution in [2.24, 2.45) is 0 Å². The zero-order valence-corrected chi connectivity index (χ0v) is 15.5. The summed E-state index contributed by atoms with van der Waals surface area (Å²) in [6.07, 6.45) is 3.70. The van der Waals surface area contributed by atoms with E-state index in [0.717, 1.165) is 47.3 Å². The Kier molecular flexibility index (Phi) is 4.65. The number of nitrogens with zero attached hydrogens (tertiary/aromatic N) is 3. The van der Waals surface area contributed by atoms with E-state index in [1.54, 1.807) is 16.9 Å². The van der Waals surface area contributed by atoms with Gasteiger partial charge in [0.25, 0.3) is 0 Å². The van der Waals surface area contributed by atoms with Crippen LogP contribution in [0, 0.1) is 0 Å². The lowest BCUT2D eigenvalue weighted by Gasteiger charge is -2.26. The maximum absolute atomic E-state index is 11.7. The van der Waals surface area contributed by atoms with E-state index in [4.69, 9.17) is 9.72 Å². The number of imidazole rings is 1. The molecule has 1 aromatic carbocycles. The van der Waals surface area contributed by atoms with Gasteiger partial charge in [-0.1, -0.05) is 6.42 Å². The highest BCUT2D eigenvalue weighted by atomic mass is 32.1. The number of aromatic nitrogens is 2. The Morgan fingerprint density at radius 3 is 2.62 bits per heavy atom. The molecule has 136 valence electrons. The fourth-order valence-electron chi connectivity index (χ4n) is 3.54. The molecule has 1 saturated heterocycles. The Balaban J connectivity index is 1.83. The van der Waals surface area contributed by atoms with Crippen LogP contribution in [0.25, 0.3) is 16.2 Å². The normalized spacial score (nSPS) is 15.4. The number of carbonyl (C=O) groups is 1. The van der Waals surface area contributed by atoms with Crippen molar-refractivity contribution < 1.29 is 14.6 Å². The lowest BCUT2D eigenvalue weighted by atomic mass is 10.1. The number of rotatable bonds is 5. The molecule has 1 aliphatic heterocycles. The number of hydrogen-bond acceptors (Lipinski definition) is 5. The molecule has 6 nitrogen and oxygen atoms in total. The smallest absolute Gasteiger partial charge is 0.353 e. The van der Waals surface area contributed by atoms with Gasteiger partial charge < -0.3 is 9.84 Å². The number of carboxylic acid groups (broad SMARTS) is 1. The van der Waals surface area contributed by atoms with E-state index >= 15 is 0 Å². The molecular formula is C19H21N3O3S. The average molecular weight is 371 g/mol. The molecule has 1 N–H and O–H groups in total. The van der Waals surface area contributed by atoms with Crippen molar-refractivity contribution in [1.29, 1.82) is 0 Å². The Labute approximate surface area is 155 Å². The van der Waals surface area contributed by atoms with Gasteiger partial charge in [0.1, 0.15) is 11.4 Å². The Morgan fingerprint density at radius 2 is 1.96 bits per heavy atom. The minimum absolute atomic E-state index is 0.258. The largest absolute Gasteiger partial charge is 0.497 e. The molecule has 0 spiro atoms. The van der Waals surface area contributed by atoms with E-state index in [2.05, 4.69) is 4.90 Å². The van der Waals surface area contributed by atoms with E-state index in [1.165, 1.54) is 30.6 Å². The Bertz CT molecular complexity index is 924. The van der Waals surface area contributed by atoms with E-state index in [9.17, 15) is 9.90 Å². The molecule has 0 aliphatic carbocycles. The molecule has 0 saturated carbocycles. The van der Waals surface area contributed by atoms with E-state index < -0.39 is 5.97 Å². The second-order valence-corrected chi connectivity index (χ2v) is 7.35. The third kappa shape index (κ3) is 3.08. The lowest BCUT2D eigenvalue weighted by Crippen LogP contribution is -2.29. The van der Waals surface area contributed by atoms with Crippen LogP contribution >= 0.6 is 11.3 Å². The molecule has 0 radical (unpaired) electrons. The van der Waals surface area contributed by atoms with Gasteiger partial charge in [-0.25, -0.2) is 9.78 Å². The van der Waals surface area contributed by atoms with Gasteiger partial charge in [-0.15, -0.1) is 11.3 Å². The maximum Gasteiger partial charge on any atom is 0.353 e. The Morgan fingerprint density at radius 1 is 1.23 bits per heavy atom. The summed E-state index contributed by atoms with van der Waals surface area (Å²) < 4.78 is 7.02. The quantitative estimate of drug-likeness (QED) is 0.740. The van der Waals surface area contributed by atoms with Crippen molar-refractivity contribution in [3.05, 3.63) is 41.0 Å². The minimum Gasteiger partial charge on any atom is -0.497 e. The van der Waals surface area contributed by atoms with Crippen molar-refractivity contribution in [3.63, 3.8) is 0 Å². The summed E-state index contributed by atoms with van der Waals surface area (Å²) in [4.78, 5) is 19.6. The number of likely N-dealkylation sites (tertiary alicyclic amines) is 1. The standard InChI is InChI=1S/C19H21N3O3S/c1-25-14-7-5-13(6-8-14)17-15(11-21-9-3-2-4-10-21)20-19-22(17)16(12-26-19)18(23)24/h5-8,12H,2-4,9-11H2,1H3,(H,23,24). The maximum atomic E-state index is 11.7. The third-order valence-corrected chi connectivity index (χ3v) is 5.67. The predicted molar refractivity (Wildman–Crippen MR) is 101 cm³/mol. The predicted octanol–water partition coefficient (Wildman–Crippen LogP) is 3.76. The molecule has 1 fully saturated rings. The first-order valence-corrected chi connectivity index (χ1v) is 9.64. The fraction of sp³-hybridized carbons (Fsp3) is 0.368. The van der Waals surface area contributed by atoms with Gasteiger partial charge in [0, 0.05) is 17.5 Å². The molecule has 1 aliphatic rings. The number of ether oxygens (including phenoxy) is 1. The van der Waals surface area contributed by atoms with Gasteiger partial charge >= 0.3 is 5.97 Å². The van der Waals surface area contributed by atoms with Gasteiger partial charge in [0.15, 0.2) is 4.96 Å². The summed E-state index contributed by atoms with van der Waals surface area (Å²) in [5.74, 6) is -0.163. The first-order chi connectivity index (χ1) is 12.7. The summed E-state index contributed by atoms with van der Waals surface area (Å²) in [5, 5.41) is 11.2. The van der Waals surface area contributed by atoms with Crippen LogP contribution in [0.15, 0.2) is 29.6 Å². The van der Waals surface area contributed by atoms with Gasteiger partial charge in [0.2, 0.25) is 0 Å². The molecule has 0 unspecified atom stereocenters. The molecule has 2 aromatic heterocycles. The highest BCUT2D eigenvalue weighted by Crippen LogP contribution is 2.32. The number of hydrogen-bond donors (Lipinski definition) is 1. The van der Waals surface area contributed by atoms with Crippen molar-refractivity contribution in [2.75, 3.05) is 20.2 Å². The van der Waals surface area contributed by atoms with Crippen LogP contribution in [0.3, 0.4) is 0 Å².